The standard InChI is InChI=1S/C26H35N3O3.C2H2O4/c1-31-24-10-6-9-23(25(24)32-2)20-27-13-11-22(12-14-27)26(30)29-17-15-28(16-18-29)19-21-7-4-3-5-8-21;3-1(4)2(5)6/h3-10,22H,11-20H2,1-2H3;(H,3,4)(H,5,6). The van der Waals surface area contributed by atoms with E-state index in [4.69, 9.17) is 29.3 Å². The summed E-state index contributed by atoms with van der Waals surface area (Å²) in [4.78, 5) is 38.3. The number of carboxylic acids is 2. The van der Waals surface area contributed by atoms with Gasteiger partial charge in [-0.2, -0.15) is 0 Å². The molecule has 2 fully saturated rings. The van der Waals surface area contributed by atoms with Crippen molar-refractivity contribution in [2.45, 2.75) is 25.9 Å². The zero-order valence-corrected chi connectivity index (χ0v) is 22.0. The average Bonchev–Trinajstić information content (AvgIpc) is 2.94. The summed E-state index contributed by atoms with van der Waals surface area (Å²) in [5.41, 5.74) is 2.47. The molecule has 1 amide bonds. The molecule has 0 aliphatic carbocycles. The van der Waals surface area contributed by atoms with Gasteiger partial charge in [0, 0.05) is 50.7 Å². The van der Waals surface area contributed by atoms with E-state index in [1.165, 1.54) is 5.56 Å². The predicted octanol–water partition coefficient (Wildman–Crippen LogP) is 2.42. The molecule has 2 aromatic rings. The summed E-state index contributed by atoms with van der Waals surface area (Å²) in [6.45, 7) is 7.24. The lowest BCUT2D eigenvalue weighted by Crippen LogP contribution is -2.51. The largest absolute Gasteiger partial charge is 0.493 e. The maximum atomic E-state index is 13.1. The Bertz CT molecular complexity index is 1050. The van der Waals surface area contributed by atoms with Gasteiger partial charge in [0.25, 0.3) is 0 Å². The molecule has 2 aliphatic heterocycles. The van der Waals surface area contributed by atoms with Crippen LogP contribution in [-0.2, 0) is 27.5 Å². The van der Waals surface area contributed by atoms with Crippen LogP contribution in [-0.4, -0.2) is 96.2 Å². The number of amides is 1. The molecule has 0 unspecified atom stereocenters. The van der Waals surface area contributed by atoms with E-state index in [9.17, 15) is 4.79 Å². The number of carbonyl (C=O) groups is 3. The zero-order chi connectivity index (χ0) is 27.5. The van der Waals surface area contributed by atoms with E-state index in [-0.39, 0.29) is 5.92 Å². The predicted molar refractivity (Wildman–Crippen MR) is 141 cm³/mol. The third-order valence-electron chi connectivity index (χ3n) is 6.93. The van der Waals surface area contributed by atoms with Gasteiger partial charge in [-0.05, 0) is 37.6 Å². The molecule has 10 nitrogen and oxygen atoms in total. The Hall–Kier alpha value is -3.63. The maximum absolute atomic E-state index is 13.1. The fourth-order valence-corrected chi connectivity index (χ4v) is 4.88. The number of methoxy groups -OCH3 is 2. The number of likely N-dealkylation sites (tertiary alicyclic amines) is 1. The zero-order valence-electron chi connectivity index (χ0n) is 22.0. The minimum absolute atomic E-state index is 0.152. The van der Waals surface area contributed by atoms with Gasteiger partial charge in [-0.25, -0.2) is 9.59 Å². The van der Waals surface area contributed by atoms with Crippen molar-refractivity contribution in [3.05, 3.63) is 59.7 Å². The number of ether oxygens (including phenoxy) is 2. The molecule has 0 aromatic heterocycles. The van der Waals surface area contributed by atoms with Gasteiger partial charge in [-0.1, -0.05) is 42.5 Å². The lowest BCUT2D eigenvalue weighted by Gasteiger charge is -2.38. The van der Waals surface area contributed by atoms with Crippen LogP contribution in [0.25, 0.3) is 0 Å². The number of nitrogens with zero attached hydrogens (tertiary/aromatic N) is 3. The molecule has 10 heteroatoms. The molecule has 2 saturated heterocycles. The molecule has 4 rings (SSSR count). The number of hydrogen-bond acceptors (Lipinski definition) is 7. The average molecular weight is 528 g/mol. The van der Waals surface area contributed by atoms with E-state index in [0.29, 0.717) is 5.91 Å². The third kappa shape index (κ3) is 8.19. The lowest BCUT2D eigenvalue weighted by molar-refractivity contribution is -0.159. The van der Waals surface area contributed by atoms with Crippen LogP contribution >= 0.6 is 0 Å². The van der Waals surface area contributed by atoms with Gasteiger partial charge in [0.15, 0.2) is 11.5 Å². The van der Waals surface area contributed by atoms with Gasteiger partial charge >= 0.3 is 11.9 Å². The molecule has 0 bridgehead atoms. The van der Waals surface area contributed by atoms with Crippen LogP contribution in [0.3, 0.4) is 0 Å². The van der Waals surface area contributed by atoms with Gasteiger partial charge in [-0.3, -0.25) is 14.6 Å². The third-order valence-corrected chi connectivity index (χ3v) is 6.93. The quantitative estimate of drug-likeness (QED) is 0.523. The molecule has 2 aliphatic rings. The van der Waals surface area contributed by atoms with Crippen molar-refractivity contribution >= 4 is 17.8 Å². The second-order valence-electron chi connectivity index (χ2n) is 9.40. The summed E-state index contributed by atoms with van der Waals surface area (Å²) < 4.78 is 11.0. The molecule has 38 heavy (non-hydrogen) atoms. The van der Waals surface area contributed by atoms with Crippen molar-refractivity contribution in [3.63, 3.8) is 0 Å². The fraction of sp³-hybridized carbons (Fsp3) is 0.464. The number of hydrogen-bond donors (Lipinski definition) is 2. The van der Waals surface area contributed by atoms with Crippen molar-refractivity contribution in [3.8, 4) is 11.5 Å². The molecule has 2 heterocycles. The number of carbonyl (C=O) groups excluding carboxylic acids is 1. The number of piperazine rings is 1. The van der Waals surface area contributed by atoms with E-state index >= 15 is 0 Å². The van der Waals surface area contributed by atoms with Crippen molar-refractivity contribution in [2.24, 2.45) is 5.92 Å². The minimum atomic E-state index is -1.82. The van der Waals surface area contributed by atoms with E-state index in [0.717, 1.165) is 82.3 Å². The summed E-state index contributed by atoms with van der Waals surface area (Å²) in [6.07, 6.45) is 1.85. The molecule has 2 N–H and O–H groups in total. The Morgan fingerprint density at radius 1 is 0.763 bits per heavy atom. The van der Waals surface area contributed by atoms with Crippen molar-refractivity contribution in [1.29, 1.82) is 0 Å². The Labute approximate surface area is 223 Å². The van der Waals surface area contributed by atoms with Crippen LogP contribution in [0.4, 0.5) is 0 Å². The Morgan fingerprint density at radius 3 is 1.92 bits per heavy atom. The SMILES string of the molecule is COc1cccc(CN2CCC(C(=O)N3CCN(Cc4ccccc4)CC3)CC2)c1OC.O=C(O)C(=O)O. The topological polar surface area (TPSA) is 120 Å². The van der Waals surface area contributed by atoms with Gasteiger partial charge in [0.1, 0.15) is 0 Å². The second kappa shape index (κ2) is 14.3. The van der Waals surface area contributed by atoms with Crippen molar-refractivity contribution in [1.82, 2.24) is 14.7 Å². The second-order valence-corrected chi connectivity index (χ2v) is 9.40. The number of carboxylic acid groups (broad SMARTS) is 2. The summed E-state index contributed by atoms with van der Waals surface area (Å²) in [7, 11) is 3.35. The fourth-order valence-electron chi connectivity index (χ4n) is 4.88. The van der Waals surface area contributed by atoms with Gasteiger partial charge in [-0.15, -0.1) is 0 Å². The van der Waals surface area contributed by atoms with Gasteiger partial charge in [0.2, 0.25) is 5.91 Å². The van der Waals surface area contributed by atoms with Crippen LogP contribution in [0, 0.1) is 5.92 Å². The molecule has 206 valence electrons. The number of rotatable bonds is 7. The van der Waals surface area contributed by atoms with Crippen LogP contribution in [0.1, 0.15) is 24.0 Å². The molecule has 0 radical (unpaired) electrons. The normalized spacial score (nSPS) is 16.7. The highest BCUT2D eigenvalue weighted by atomic mass is 16.5. The first kappa shape index (κ1) is 28.9. The van der Waals surface area contributed by atoms with Crippen molar-refractivity contribution in [2.75, 3.05) is 53.5 Å². The first-order valence-corrected chi connectivity index (χ1v) is 12.8. The monoisotopic (exact) mass is 527 g/mol. The summed E-state index contributed by atoms with van der Waals surface area (Å²) in [6, 6.07) is 16.6. The first-order chi connectivity index (χ1) is 18.3. The Balaban J connectivity index is 0.000000599. The lowest BCUT2D eigenvalue weighted by atomic mass is 9.94. The highest BCUT2D eigenvalue weighted by Crippen LogP contribution is 2.32. The smallest absolute Gasteiger partial charge is 0.414 e. The van der Waals surface area contributed by atoms with Crippen molar-refractivity contribution < 1.29 is 34.1 Å². The maximum Gasteiger partial charge on any atom is 0.414 e. The molecule has 0 atom stereocenters. The molecular weight excluding hydrogens is 490 g/mol. The minimum Gasteiger partial charge on any atom is -0.493 e. The van der Waals surface area contributed by atoms with E-state index in [1.807, 2.05) is 12.1 Å². The molecule has 0 saturated carbocycles. The first-order valence-electron chi connectivity index (χ1n) is 12.8. The highest BCUT2D eigenvalue weighted by Gasteiger charge is 2.30. The highest BCUT2D eigenvalue weighted by molar-refractivity contribution is 6.27. The number of benzene rings is 2. The van der Waals surface area contributed by atoms with E-state index in [1.54, 1.807) is 14.2 Å². The Kier molecular flexibility index (Phi) is 10.9. The van der Waals surface area contributed by atoms with Crippen LogP contribution in [0.15, 0.2) is 48.5 Å². The van der Waals surface area contributed by atoms with Gasteiger partial charge in [0.05, 0.1) is 14.2 Å². The molecule has 0 spiro atoms. The number of para-hydroxylation sites is 1. The van der Waals surface area contributed by atoms with Gasteiger partial charge < -0.3 is 24.6 Å². The van der Waals surface area contributed by atoms with Crippen LogP contribution in [0.2, 0.25) is 0 Å². The van der Waals surface area contributed by atoms with Crippen LogP contribution < -0.4 is 9.47 Å². The molecule has 2 aromatic carbocycles. The van der Waals surface area contributed by atoms with E-state index in [2.05, 4.69) is 51.1 Å². The summed E-state index contributed by atoms with van der Waals surface area (Å²) in [5, 5.41) is 14.8. The number of aliphatic carboxylic acids is 2. The summed E-state index contributed by atoms with van der Waals surface area (Å²) >= 11 is 0. The molecular formula is C28H37N3O7. The number of piperidine rings is 1. The van der Waals surface area contributed by atoms with E-state index < -0.39 is 11.9 Å². The summed E-state index contributed by atoms with van der Waals surface area (Å²) in [5.74, 6) is -1.57. The Morgan fingerprint density at radius 2 is 1.37 bits per heavy atom. The van der Waals surface area contributed by atoms with Crippen LogP contribution in [0.5, 0.6) is 11.5 Å².